The molecule has 1 aromatic heterocycles. The third kappa shape index (κ3) is 6.52. The zero-order valence-corrected chi connectivity index (χ0v) is 20.0. The largest absolute Gasteiger partial charge is 0.497 e. The highest BCUT2D eigenvalue weighted by atomic mass is 16.5. The van der Waals surface area contributed by atoms with Crippen molar-refractivity contribution in [2.45, 2.75) is 58.9 Å². The number of nitrogens with zero attached hydrogens (tertiary/aromatic N) is 3. The van der Waals surface area contributed by atoms with Crippen molar-refractivity contribution < 1.29 is 9.53 Å². The number of ether oxygens (including phenoxy) is 1. The van der Waals surface area contributed by atoms with Gasteiger partial charge in [-0.25, -0.2) is 0 Å². The molecular formula is C26H37N3O3. The number of methoxy groups -OCH3 is 1. The summed E-state index contributed by atoms with van der Waals surface area (Å²) in [5.74, 6) is 1.76. The Bertz CT molecular complexity index is 959. The van der Waals surface area contributed by atoms with Gasteiger partial charge in [0.25, 0.3) is 5.56 Å². The van der Waals surface area contributed by atoms with E-state index in [1.54, 1.807) is 17.9 Å². The standard InChI is InChI=1S/C26H37N3O3/c1-19(2)15-22(30)18-29-25(21-8-6-9-23(16-21)32-4)17-27-24(26(29)31)10-5-7-20-11-13-28(3)14-12-20/h6,8-9,16-17,19-20H,5,7,10-15,18H2,1-4H3. The van der Waals surface area contributed by atoms with E-state index < -0.39 is 0 Å². The van der Waals surface area contributed by atoms with E-state index >= 15 is 0 Å². The maximum Gasteiger partial charge on any atom is 0.273 e. The first-order valence-corrected chi connectivity index (χ1v) is 11.8. The van der Waals surface area contributed by atoms with Crippen LogP contribution in [0, 0.1) is 11.8 Å². The first kappa shape index (κ1) is 24.2. The molecule has 3 rings (SSSR count). The molecule has 32 heavy (non-hydrogen) atoms. The van der Waals surface area contributed by atoms with Crippen LogP contribution in [-0.2, 0) is 17.8 Å². The average molecular weight is 440 g/mol. The molecule has 0 aliphatic carbocycles. The van der Waals surface area contributed by atoms with E-state index in [0.29, 0.717) is 30.0 Å². The Morgan fingerprint density at radius 2 is 2.00 bits per heavy atom. The van der Waals surface area contributed by atoms with Crippen LogP contribution in [0.5, 0.6) is 5.75 Å². The molecule has 1 saturated heterocycles. The van der Waals surface area contributed by atoms with Crippen LogP contribution in [0.2, 0.25) is 0 Å². The molecule has 2 aromatic rings. The summed E-state index contributed by atoms with van der Waals surface area (Å²) >= 11 is 0. The average Bonchev–Trinajstić information content (AvgIpc) is 2.77. The number of carbonyl (C=O) groups is 1. The highest BCUT2D eigenvalue weighted by molar-refractivity contribution is 5.79. The maximum atomic E-state index is 13.4. The topological polar surface area (TPSA) is 64.4 Å². The van der Waals surface area contributed by atoms with Gasteiger partial charge < -0.3 is 9.64 Å². The lowest BCUT2D eigenvalue weighted by Gasteiger charge is -2.28. The summed E-state index contributed by atoms with van der Waals surface area (Å²) in [5.41, 5.74) is 1.89. The maximum absolute atomic E-state index is 13.4. The van der Waals surface area contributed by atoms with E-state index in [1.165, 1.54) is 12.8 Å². The quantitative estimate of drug-likeness (QED) is 0.555. The van der Waals surface area contributed by atoms with Crippen molar-refractivity contribution in [1.82, 2.24) is 14.5 Å². The Morgan fingerprint density at radius 3 is 2.69 bits per heavy atom. The molecule has 0 bridgehead atoms. The molecule has 1 aliphatic heterocycles. The molecule has 174 valence electrons. The molecular weight excluding hydrogens is 402 g/mol. The molecule has 0 atom stereocenters. The Balaban J connectivity index is 1.82. The first-order valence-electron chi connectivity index (χ1n) is 11.8. The van der Waals surface area contributed by atoms with Gasteiger partial charge in [-0.2, -0.15) is 0 Å². The lowest BCUT2D eigenvalue weighted by Crippen LogP contribution is -2.31. The number of hydrogen-bond acceptors (Lipinski definition) is 5. The Kier molecular flexibility index (Phi) is 8.62. The van der Waals surface area contributed by atoms with Gasteiger partial charge in [0, 0.05) is 12.0 Å². The van der Waals surface area contributed by atoms with Crippen LogP contribution in [0.4, 0.5) is 0 Å². The van der Waals surface area contributed by atoms with Crippen LogP contribution < -0.4 is 10.3 Å². The summed E-state index contributed by atoms with van der Waals surface area (Å²) in [4.78, 5) is 32.9. The number of aromatic nitrogens is 2. The van der Waals surface area contributed by atoms with Crippen molar-refractivity contribution in [2.75, 3.05) is 27.2 Å². The molecule has 6 nitrogen and oxygen atoms in total. The second kappa shape index (κ2) is 11.4. The molecule has 0 N–H and O–H groups in total. The third-order valence-electron chi connectivity index (χ3n) is 6.33. The third-order valence-corrected chi connectivity index (χ3v) is 6.33. The lowest BCUT2D eigenvalue weighted by molar-refractivity contribution is -0.120. The van der Waals surface area contributed by atoms with Gasteiger partial charge in [-0.05, 0) is 76.2 Å². The first-order chi connectivity index (χ1) is 15.4. The van der Waals surface area contributed by atoms with Crippen LogP contribution >= 0.6 is 0 Å². The summed E-state index contributed by atoms with van der Waals surface area (Å²) in [6, 6.07) is 7.54. The second-order valence-electron chi connectivity index (χ2n) is 9.49. The molecule has 0 unspecified atom stereocenters. The monoisotopic (exact) mass is 439 g/mol. The van der Waals surface area contributed by atoms with Crippen LogP contribution in [0.25, 0.3) is 11.3 Å². The number of aryl methyl sites for hydroxylation is 1. The van der Waals surface area contributed by atoms with E-state index in [9.17, 15) is 9.59 Å². The number of carbonyl (C=O) groups excluding carboxylic acids is 1. The minimum atomic E-state index is -0.147. The van der Waals surface area contributed by atoms with E-state index in [-0.39, 0.29) is 23.8 Å². The van der Waals surface area contributed by atoms with Gasteiger partial charge in [-0.1, -0.05) is 26.0 Å². The summed E-state index contributed by atoms with van der Waals surface area (Å²) in [5, 5.41) is 0. The normalized spacial score (nSPS) is 15.3. The summed E-state index contributed by atoms with van der Waals surface area (Å²) < 4.78 is 6.95. The van der Waals surface area contributed by atoms with Crippen molar-refractivity contribution >= 4 is 5.78 Å². The summed E-state index contributed by atoms with van der Waals surface area (Å²) in [6.45, 7) is 6.43. The van der Waals surface area contributed by atoms with Gasteiger partial charge in [0.2, 0.25) is 0 Å². The molecule has 0 saturated carbocycles. The minimum Gasteiger partial charge on any atom is -0.497 e. The summed E-state index contributed by atoms with van der Waals surface area (Å²) in [6.07, 6.45) is 7.39. The lowest BCUT2D eigenvalue weighted by atomic mass is 9.91. The molecule has 2 heterocycles. The zero-order valence-electron chi connectivity index (χ0n) is 20.0. The van der Waals surface area contributed by atoms with Gasteiger partial charge in [-0.15, -0.1) is 0 Å². The highest BCUT2D eigenvalue weighted by Gasteiger charge is 2.18. The molecule has 0 amide bonds. The number of likely N-dealkylation sites (tertiary alicyclic amines) is 1. The molecule has 1 aliphatic rings. The minimum absolute atomic E-state index is 0.0646. The number of Topliss-reactive ketones (excluding diaryl/α,β-unsaturated/α-hetero) is 1. The molecule has 1 aromatic carbocycles. The van der Waals surface area contributed by atoms with E-state index in [1.807, 2.05) is 38.1 Å². The smallest absolute Gasteiger partial charge is 0.273 e. The fourth-order valence-corrected chi connectivity index (χ4v) is 4.48. The van der Waals surface area contributed by atoms with Gasteiger partial charge in [0.1, 0.15) is 11.4 Å². The molecule has 0 spiro atoms. The Hall–Kier alpha value is -2.47. The number of rotatable bonds is 10. The van der Waals surface area contributed by atoms with E-state index in [4.69, 9.17) is 4.74 Å². The number of hydrogen-bond donors (Lipinski definition) is 0. The number of ketones is 1. The summed E-state index contributed by atoms with van der Waals surface area (Å²) in [7, 11) is 3.79. The van der Waals surface area contributed by atoms with Crippen LogP contribution in [0.15, 0.2) is 35.3 Å². The van der Waals surface area contributed by atoms with Gasteiger partial charge in [-0.3, -0.25) is 19.1 Å². The second-order valence-corrected chi connectivity index (χ2v) is 9.49. The number of piperidine rings is 1. The van der Waals surface area contributed by atoms with Gasteiger partial charge in [0.15, 0.2) is 5.78 Å². The molecule has 1 fully saturated rings. The van der Waals surface area contributed by atoms with Gasteiger partial charge >= 0.3 is 0 Å². The fourth-order valence-electron chi connectivity index (χ4n) is 4.48. The van der Waals surface area contributed by atoms with Crippen molar-refractivity contribution in [3.8, 4) is 17.0 Å². The van der Waals surface area contributed by atoms with Crippen molar-refractivity contribution in [3.63, 3.8) is 0 Å². The highest BCUT2D eigenvalue weighted by Crippen LogP contribution is 2.24. The predicted octanol–water partition coefficient (Wildman–Crippen LogP) is 4.20. The fraction of sp³-hybridized carbons (Fsp3) is 0.577. The number of benzene rings is 1. The van der Waals surface area contributed by atoms with Crippen LogP contribution in [-0.4, -0.2) is 47.5 Å². The van der Waals surface area contributed by atoms with E-state index in [2.05, 4.69) is 16.9 Å². The van der Waals surface area contributed by atoms with Crippen molar-refractivity contribution in [3.05, 3.63) is 46.5 Å². The van der Waals surface area contributed by atoms with E-state index in [0.717, 1.165) is 37.4 Å². The SMILES string of the molecule is COc1cccc(-c2cnc(CCCC3CCN(C)CC3)c(=O)n2CC(=O)CC(C)C)c1. The molecule has 6 heteroatoms. The van der Waals surface area contributed by atoms with Crippen LogP contribution in [0.1, 0.15) is 51.6 Å². The zero-order chi connectivity index (χ0) is 23.1. The Labute approximate surface area is 191 Å². The molecule has 0 radical (unpaired) electrons. The Morgan fingerprint density at radius 1 is 1.25 bits per heavy atom. The predicted molar refractivity (Wildman–Crippen MR) is 128 cm³/mol. The van der Waals surface area contributed by atoms with Crippen LogP contribution in [0.3, 0.4) is 0 Å². The van der Waals surface area contributed by atoms with Gasteiger partial charge in [0.05, 0.1) is 25.5 Å². The van der Waals surface area contributed by atoms with Crippen molar-refractivity contribution in [1.29, 1.82) is 0 Å². The van der Waals surface area contributed by atoms with Crippen molar-refractivity contribution in [2.24, 2.45) is 11.8 Å².